The maximum atomic E-state index is 12.2. The van der Waals surface area contributed by atoms with Crippen molar-refractivity contribution in [3.8, 4) is 5.75 Å². The van der Waals surface area contributed by atoms with Gasteiger partial charge in [0.2, 0.25) is 5.91 Å². The highest BCUT2D eigenvalue weighted by Gasteiger charge is 2.25. The van der Waals surface area contributed by atoms with Crippen LogP contribution in [0.4, 0.5) is 0 Å². The van der Waals surface area contributed by atoms with Gasteiger partial charge in [-0.15, -0.1) is 0 Å². The number of nitrogens with zero attached hydrogens (tertiary/aromatic N) is 1. The highest BCUT2D eigenvalue weighted by atomic mass is 35.5. The molecular weight excluding hydrogens is 342 g/mol. The number of benzene rings is 1. The molecule has 3 rings (SSSR count). The lowest BCUT2D eigenvalue weighted by atomic mass is 10.0. The number of morpholine rings is 1. The number of ether oxygens (including phenoxy) is 2. The van der Waals surface area contributed by atoms with Crippen molar-refractivity contribution < 1.29 is 14.3 Å². The predicted molar refractivity (Wildman–Crippen MR) is 97.2 cm³/mol. The number of hydrogen-bond acceptors (Lipinski definition) is 5. The van der Waals surface area contributed by atoms with Gasteiger partial charge in [-0.25, -0.2) is 0 Å². The summed E-state index contributed by atoms with van der Waals surface area (Å²) in [6.07, 6.45) is 1.94. The Morgan fingerprint density at radius 3 is 2.76 bits per heavy atom. The van der Waals surface area contributed by atoms with Crippen LogP contribution in [-0.4, -0.2) is 68.9 Å². The number of carbonyl (C=O) groups excluding carboxylic acids is 1. The number of nitrogens with one attached hydrogen (secondary N) is 2. The normalized spacial score (nSPS) is 22.5. The van der Waals surface area contributed by atoms with Gasteiger partial charge in [0.15, 0.2) is 0 Å². The third-order valence-corrected chi connectivity index (χ3v) is 4.91. The number of piperidine rings is 1. The first-order chi connectivity index (χ1) is 12.2. The molecule has 0 aliphatic carbocycles. The maximum Gasteiger partial charge on any atom is 0.239 e. The molecule has 2 fully saturated rings. The molecule has 2 heterocycles. The minimum Gasteiger partial charge on any atom is -0.492 e. The van der Waals surface area contributed by atoms with Gasteiger partial charge in [-0.05, 0) is 37.1 Å². The van der Waals surface area contributed by atoms with E-state index in [1.54, 1.807) is 0 Å². The van der Waals surface area contributed by atoms with E-state index in [0.717, 1.165) is 44.8 Å². The fourth-order valence-electron chi connectivity index (χ4n) is 3.16. The molecular formula is C18H26ClN3O3. The maximum absolute atomic E-state index is 12.2. The van der Waals surface area contributed by atoms with Crippen LogP contribution in [0, 0.1) is 0 Å². The molecule has 2 aliphatic heterocycles. The van der Waals surface area contributed by atoms with Gasteiger partial charge in [0.25, 0.3) is 0 Å². The predicted octanol–water partition coefficient (Wildman–Crippen LogP) is 1.29. The molecule has 7 heteroatoms. The molecule has 2 aliphatic rings. The number of hydrogen-bond donors (Lipinski definition) is 2. The average Bonchev–Trinajstić information content (AvgIpc) is 2.65. The Balaban J connectivity index is 1.31. The second-order valence-corrected chi connectivity index (χ2v) is 6.94. The van der Waals surface area contributed by atoms with Crippen LogP contribution in [0.5, 0.6) is 5.75 Å². The highest BCUT2D eigenvalue weighted by Crippen LogP contribution is 2.16. The largest absolute Gasteiger partial charge is 0.492 e. The monoisotopic (exact) mass is 367 g/mol. The Morgan fingerprint density at radius 1 is 1.32 bits per heavy atom. The first-order valence-electron chi connectivity index (χ1n) is 8.93. The van der Waals surface area contributed by atoms with Crippen LogP contribution in [0.25, 0.3) is 0 Å². The van der Waals surface area contributed by atoms with Crippen molar-refractivity contribution in [1.82, 2.24) is 15.5 Å². The number of carbonyl (C=O) groups is 1. The summed E-state index contributed by atoms with van der Waals surface area (Å²) in [5.74, 6) is 0.901. The van der Waals surface area contributed by atoms with Crippen molar-refractivity contribution >= 4 is 17.5 Å². The zero-order valence-corrected chi connectivity index (χ0v) is 15.1. The smallest absolute Gasteiger partial charge is 0.239 e. The van der Waals surface area contributed by atoms with E-state index in [9.17, 15) is 4.79 Å². The molecule has 1 amide bonds. The van der Waals surface area contributed by atoms with Gasteiger partial charge in [-0.2, -0.15) is 0 Å². The molecule has 0 spiro atoms. The molecule has 2 N–H and O–H groups in total. The molecule has 138 valence electrons. The standard InChI is InChI=1S/C18H26ClN3O3/c19-14-1-3-16(4-2-14)25-12-10-22-8-5-15(6-9-22)21-18(23)17-13-24-11-7-20-17/h1-4,15,17,20H,5-13H2,(H,21,23). The lowest BCUT2D eigenvalue weighted by Gasteiger charge is -2.33. The Bertz CT molecular complexity index is 541. The molecule has 1 unspecified atom stereocenters. The molecule has 1 aromatic rings. The van der Waals surface area contributed by atoms with Gasteiger partial charge in [-0.3, -0.25) is 9.69 Å². The van der Waals surface area contributed by atoms with E-state index in [-0.39, 0.29) is 18.0 Å². The summed E-state index contributed by atoms with van der Waals surface area (Å²) in [7, 11) is 0. The van der Waals surface area contributed by atoms with Gasteiger partial charge in [0.1, 0.15) is 18.4 Å². The van der Waals surface area contributed by atoms with Crippen molar-refractivity contribution in [3.63, 3.8) is 0 Å². The van der Waals surface area contributed by atoms with Crippen molar-refractivity contribution in [1.29, 1.82) is 0 Å². The highest BCUT2D eigenvalue weighted by molar-refractivity contribution is 6.30. The van der Waals surface area contributed by atoms with Gasteiger partial charge in [0.05, 0.1) is 13.2 Å². The third-order valence-electron chi connectivity index (χ3n) is 4.66. The minimum atomic E-state index is -0.209. The van der Waals surface area contributed by atoms with Crippen molar-refractivity contribution in [2.75, 3.05) is 46.0 Å². The lowest BCUT2D eigenvalue weighted by molar-refractivity contribution is -0.126. The van der Waals surface area contributed by atoms with Gasteiger partial charge >= 0.3 is 0 Å². The first kappa shape index (κ1) is 18.5. The van der Waals surface area contributed by atoms with Crippen LogP contribution in [0.1, 0.15) is 12.8 Å². The fraction of sp³-hybridized carbons (Fsp3) is 0.611. The molecule has 0 saturated carbocycles. The summed E-state index contributed by atoms with van der Waals surface area (Å²) in [6, 6.07) is 7.47. The van der Waals surface area contributed by atoms with Gasteiger partial charge in [0, 0.05) is 37.2 Å². The van der Waals surface area contributed by atoms with E-state index in [4.69, 9.17) is 21.1 Å². The molecule has 1 atom stereocenters. The van der Waals surface area contributed by atoms with Gasteiger partial charge < -0.3 is 20.1 Å². The summed E-state index contributed by atoms with van der Waals surface area (Å²) in [5.41, 5.74) is 0. The van der Waals surface area contributed by atoms with Crippen molar-refractivity contribution in [3.05, 3.63) is 29.3 Å². The Hall–Kier alpha value is -1.34. The van der Waals surface area contributed by atoms with E-state index in [0.29, 0.717) is 24.8 Å². The first-order valence-corrected chi connectivity index (χ1v) is 9.31. The van der Waals surface area contributed by atoms with Crippen LogP contribution in [0.15, 0.2) is 24.3 Å². The Labute approximate surface area is 153 Å². The topological polar surface area (TPSA) is 62.8 Å². The number of likely N-dealkylation sites (tertiary alicyclic amines) is 1. The molecule has 0 aromatic heterocycles. The number of amides is 1. The van der Waals surface area contributed by atoms with Gasteiger partial charge in [-0.1, -0.05) is 11.6 Å². The van der Waals surface area contributed by atoms with Crippen LogP contribution >= 0.6 is 11.6 Å². The quantitative estimate of drug-likeness (QED) is 0.793. The molecule has 0 radical (unpaired) electrons. The molecule has 1 aromatic carbocycles. The van der Waals surface area contributed by atoms with E-state index < -0.39 is 0 Å². The fourth-order valence-corrected chi connectivity index (χ4v) is 3.29. The second kappa shape index (κ2) is 9.38. The number of rotatable bonds is 6. The van der Waals surface area contributed by atoms with E-state index in [1.165, 1.54) is 0 Å². The summed E-state index contributed by atoms with van der Waals surface area (Å²) >= 11 is 5.86. The second-order valence-electron chi connectivity index (χ2n) is 6.51. The van der Waals surface area contributed by atoms with Crippen LogP contribution in [-0.2, 0) is 9.53 Å². The summed E-state index contributed by atoms with van der Waals surface area (Å²) in [4.78, 5) is 14.6. The number of halogens is 1. The van der Waals surface area contributed by atoms with E-state index >= 15 is 0 Å². The molecule has 25 heavy (non-hydrogen) atoms. The van der Waals surface area contributed by atoms with Crippen molar-refractivity contribution in [2.24, 2.45) is 0 Å². The zero-order chi connectivity index (χ0) is 17.5. The molecule has 2 saturated heterocycles. The lowest BCUT2D eigenvalue weighted by Crippen LogP contribution is -2.55. The summed E-state index contributed by atoms with van der Waals surface area (Å²) in [5, 5.41) is 7.05. The van der Waals surface area contributed by atoms with E-state index in [1.807, 2.05) is 24.3 Å². The van der Waals surface area contributed by atoms with Crippen molar-refractivity contribution in [2.45, 2.75) is 24.9 Å². The zero-order valence-electron chi connectivity index (χ0n) is 14.4. The van der Waals surface area contributed by atoms with Crippen LogP contribution in [0.3, 0.4) is 0 Å². The minimum absolute atomic E-state index is 0.0595. The summed E-state index contributed by atoms with van der Waals surface area (Å²) < 4.78 is 11.1. The summed E-state index contributed by atoms with van der Waals surface area (Å²) in [6.45, 7) is 5.38. The molecule has 0 bridgehead atoms. The Morgan fingerprint density at radius 2 is 2.08 bits per heavy atom. The average molecular weight is 368 g/mol. The van der Waals surface area contributed by atoms with Crippen LogP contribution in [0.2, 0.25) is 5.02 Å². The van der Waals surface area contributed by atoms with E-state index in [2.05, 4.69) is 15.5 Å². The molecule has 6 nitrogen and oxygen atoms in total. The SMILES string of the molecule is O=C(NC1CCN(CCOc2ccc(Cl)cc2)CC1)C1COCCN1. The third kappa shape index (κ3) is 5.85. The Kier molecular flexibility index (Phi) is 6.93. The van der Waals surface area contributed by atoms with Crippen LogP contribution < -0.4 is 15.4 Å².